The van der Waals surface area contributed by atoms with Gasteiger partial charge in [0, 0.05) is 6.54 Å². The fourth-order valence-corrected chi connectivity index (χ4v) is 3.51. The van der Waals surface area contributed by atoms with Gasteiger partial charge in [0.2, 0.25) is 5.91 Å². The molecule has 3 rings (SSSR count). The fourth-order valence-electron chi connectivity index (χ4n) is 3.51. The topological polar surface area (TPSA) is 116 Å². The zero-order valence-electron chi connectivity index (χ0n) is 16.0. The van der Waals surface area contributed by atoms with Crippen molar-refractivity contribution < 1.29 is 29.0 Å². The van der Waals surface area contributed by atoms with Crippen molar-refractivity contribution in [2.75, 3.05) is 18.0 Å². The summed E-state index contributed by atoms with van der Waals surface area (Å²) in [5.74, 6) is -2.02. The van der Waals surface area contributed by atoms with Crippen LogP contribution in [0, 0.1) is 0 Å². The number of carbonyl (C=O) groups is 4. The van der Waals surface area contributed by atoms with E-state index in [2.05, 4.69) is 5.32 Å². The summed E-state index contributed by atoms with van der Waals surface area (Å²) in [5.41, 5.74) is -0.126. The second-order valence-corrected chi connectivity index (χ2v) is 7.89. The molecule has 2 heterocycles. The van der Waals surface area contributed by atoms with E-state index in [0.717, 1.165) is 4.90 Å². The SMILES string of the molecule is CC(C)(C)OC(=O)N[C@@H]1C[C@H]2C(=O)N(CC(=O)O)c3ccccc3C(=O)N2C1. The number of carboxylic acid groups (broad SMARTS) is 1. The number of ether oxygens (including phenoxy) is 1. The smallest absolute Gasteiger partial charge is 0.407 e. The number of amides is 3. The highest BCUT2D eigenvalue weighted by molar-refractivity contribution is 6.12. The van der Waals surface area contributed by atoms with Gasteiger partial charge in [0.25, 0.3) is 5.91 Å². The average molecular weight is 389 g/mol. The predicted molar refractivity (Wildman–Crippen MR) is 99.0 cm³/mol. The minimum Gasteiger partial charge on any atom is -0.480 e. The van der Waals surface area contributed by atoms with Crippen molar-refractivity contribution in [3.8, 4) is 0 Å². The molecule has 0 saturated carbocycles. The Hall–Kier alpha value is -3.10. The van der Waals surface area contributed by atoms with Crippen LogP contribution in [0.1, 0.15) is 37.6 Å². The second-order valence-electron chi connectivity index (χ2n) is 7.89. The van der Waals surface area contributed by atoms with Gasteiger partial charge in [0.15, 0.2) is 0 Å². The number of nitrogens with zero attached hydrogens (tertiary/aromatic N) is 2. The van der Waals surface area contributed by atoms with Gasteiger partial charge in [-0.25, -0.2) is 4.79 Å². The van der Waals surface area contributed by atoms with Crippen LogP contribution in [-0.2, 0) is 14.3 Å². The van der Waals surface area contributed by atoms with Gasteiger partial charge >= 0.3 is 12.1 Å². The zero-order chi connectivity index (χ0) is 20.6. The number of para-hydroxylation sites is 1. The van der Waals surface area contributed by atoms with E-state index in [9.17, 15) is 24.3 Å². The highest BCUT2D eigenvalue weighted by atomic mass is 16.6. The quantitative estimate of drug-likeness (QED) is 0.803. The predicted octanol–water partition coefficient (Wildman–Crippen LogP) is 1.23. The molecule has 2 aliphatic rings. The highest BCUT2D eigenvalue weighted by Crippen LogP contribution is 2.32. The maximum atomic E-state index is 13.1. The third-order valence-electron chi connectivity index (χ3n) is 4.55. The molecule has 1 fully saturated rings. The Bertz CT molecular complexity index is 831. The number of carbonyl (C=O) groups excluding carboxylic acids is 3. The van der Waals surface area contributed by atoms with Crippen LogP contribution in [-0.4, -0.2) is 64.7 Å². The third kappa shape index (κ3) is 3.92. The van der Waals surface area contributed by atoms with Crippen molar-refractivity contribution in [2.24, 2.45) is 0 Å². The van der Waals surface area contributed by atoms with Crippen molar-refractivity contribution >= 4 is 29.6 Å². The average Bonchev–Trinajstić information content (AvgIpc) is 2.97. The maximum Gasteiger partial charge on any atom is 0.407 e. The molecule has 0 unspecified atom stereocenters. The lowest BCUT2D eigenvalue weighted by molar-refractivity contribution is -0.137. The molecule has 2 N–H and O–H groups in total. The first-order chi connectivity index (χ1) is 13.1. The molecule has 2 atom stereocenters. The first-order valence-electron chi connectivity index (χ1n) is 8.99. The van der Waals surface area contributed by atoms with E-state index in [1.54, 1.807) is 45.0 Å². The third-order valence-corrected chi connectivity index (χ3v) is 4.55. The van der Waals surface area contributed by atoms with Crippen LogP contribution in [0.3, 0.4) is 0 Å². The molecule has 0 radical (unpaired) electrons. The minimum atomic E-state index is -1.18. The van der Waals surface area contributed by atoms with Gasteiger partial charge in [-0.3, -0.25) is 19.3 Å². The molecular formula is C19H23N3O6. The number of nitrogens with one attached hydrogen (secondary N) is 1. The molecule has 150 valence electrons. The first-order valence-corrected chi connectivity index (χ1v) is 8.99. The number of fused-ring (bicyclic) bond motifs is 2. The van der Waals surface area contributed by atoms with Crippen LogP contribution < -0.4 is 10.2 Å². The van der Waals surface area contributed by atoms with Crippen molar-refractivity contribution in [1.29, 1.82) is 0 Å². The lowest BCUT2D eigenvalue weighted by Gasteiger charge is -2.24. The number of benzene rings is 1. The van der Waals surface area contributed by atoms with E-state index in [-0.39, 0.29) is 30.1 Å². The van der Waals surface area contributed by atoms with E-state index in [1.165, 1.54) is 4.90 Å². The van der Waals surface area contributed by atoms with Gasteiger partial charge in [-0.15, -0.1) is 0 Å². The summed E-state index contributed by atoms with van der Waals surface area (Å²) in [4.78, 5) is 51.9. The van der Waals surface area contributed by atoms with Crippen molar-refractivity contribution in [3.63, 3.8) is 0 Å². The molecule has 1 saturated heterocycles. The molecule has 3 amide bonds. The Morgan fingerprint density at radius 3 is 2.57 bits per heavy atom. The summed E-state index contributed by atoms with van der Waals surface area (Å²) in [6.45, 7) is 4.81. The molecule has 9 nitrogen and oxygen atoms in total. The van der Waals surface area contributed by atoms with Gasteiger partial charge in [-0.2, -0.15) is 0 Å². The largest absolute Gasteiger partial charge is 0.480 e. The van der Waals surface area contributed by atoms with Crippen LogP contribution in [0.5, 0.6) is 0 Å². The van der Waals surface area contributed by atoms with Crippen LogP contribution in [0.15, 0.2) is 24.3 Å². The summed E-state index contributed by atoms with van der Waals surface area (Å²) in [6, 6.07) is 5.12. The molecule has 1 aromatic rings. The highest BCUT2D eigenvalue weighted by Gasteiger charge is 2.46. The fraction of sp³-hybridized carbons (Fsp3) is 0.474. The summed E-state index contributed by atoms with van der Waals surface area (Å²) < 4.78 is 5.23. The normalized spacial score (nSPS) is 21.7. The molecule has 2 aliphatic heterocycles. The Labute approximate surface area is 162 Å². The Balaban J connectivity index is 1.87. The van der Waals surface area contributed by atoms with Gasteiger partial charge in [-0.05, 0) is 39.3 Å². The van der Waals surface area contributed by atoms with Crippen molar-refractivity contribution in [1.82, 2.24) is 10.2 Å². The number of alkyl carbamates (subject to hydrolysis) is 1. The molecule has 0 aliphatic carbocycles. The number of hydrogen-bond acceptors (Lipinski definition) is 5. The van der Waals surface area contributed by atoms with Crippen LogP contribution in [0.25, 0.3) is 0 Å². The van der Waals surface area contributed by atoms with E-state index >= 15 is 0 Å². The molecule has 0 bridgehead atoms. The lowest BCUT2D eigenvalue weighted by atomic mass is 10.1. The van der Waals surface area contributed by atoms with Crippen LogP contribution in [0.2, 0.25) is 0 Å². The molecule has 0 spiro atoms. The summed E-state index contributed by atoms with van der Waals surface area (Å²) in [5, 5.41) is 11.9. The molecule has 0 aromatic heterocycles. The Morgan fingerprint density at radius 1 is 1.25 bits per heavy atom. The molecule has 28 heavy (non-hydrogen) atoms. The van der Waals surface area contributed by atoms with E-state index in [0.29, 0.717) is 0 Å². The van der Waals surface area contributed by atoms with E-state index in [4.69, 9.17) is 4.74 Å². The van der Waals surface area contributed by atoms with Gasteiger partial charge in [-0.1, -0.05) is 12.1 Å². The molecule has 9 heteroatoms. The van der Waals surface area contributed by atoms with Gasteiger partial charge in [0.1, 0.15) is 18.2 Å². The second kappa shape index (κ2) is 7.14. The van der Waals surface area contributed by atoms with Crippen molar-refractivity contribution in [3.05, 3.63) is 29.8 Å². The minimum absolute atomic E-state index is 0.143. The van der Waals surface area contributed by atoms with Crippen LogP contribution in [0.4, 0.5) is 10.5 Å². The van der Waals surface area contributed by atoms with E-state index < -0.39 is 42.2 Å². The number of rotatable bonds is 3. The molecule has 1 aromatic carbocycles. The molecular weight excluding hydrogens is 366 g/mol. The Kier molecular flexibility index (Phi) is 5.01. The standard InChI is InChI=1S/C19H23N3O6/c1-19(2,3)28-18(27)20-11-8-14-17(26)22(10-15(23)24)13-7-5-4-6-12(13)16(25)21(14)9-11/h4-7,11,14H,8-10H2,1-3H3,(H,20,27)(H,23,24)/t11-,14+/m1/s1. The summed E-state index contributed by atoms with van der Waals surface area (Å²) in [6.07, 6.45) is -0.439. The Morgan fingerprint density at radius 2 is 1.93 bits per heavy atom. The zero-order valence-corrected chi connectivity index (χ0v) is 16.0. The number of hydrogen-bond donors (Lipinski definition) is 2. The van der Waals surface area contributed by atoms with E-state index in [1.807, 2.05) is 0 Å². The van der Waals surface area contributed by atoms with Crippen molar-refractivity contribution in [2.45, 2.75) is 44.9 Å². The lowest BCUT2D eigenvalue weighted by Crippen LogP contribution is -2.46. The monoisotopic (exact) mass is 389 g/mol. The maximum absolute atomic E-state index is 13.1. The first kappa shape index (κ1) is 19.7. The number of carboxylic acids is 1. The van der Waals surface area contributed by atoms with Gasteiger partial charge in [0.05, 0.1) is 17.3 Å². The van der Waals surface area contributed by atoms with Crippen LogP contribution >= 0.6 is 0 Å². The number of anilines is 1. The number of aliphatic carboxylic acids is 1. The van der Waals surface area contributed by atoms with Gasteiger partial charge < -0.3 is 20.1 Å². The summed E-state index contributed by atoms with van der Waals surface area (Å²) in [7, 11) is 0. The summed E-state index contributed by atoms with van der Waals surface area (Å²) >= 11 is 0.